The van der Waals surface area contributed by atoms with E-state index in [1.165, 1.54) is 19.5 Å². The average Bonchev–Trinajstić information content (AvgIpc) is 2.44. The second-order valence-electron chi connectivity index (χ2n) is 3.82. The van der Waals surface area contributed by atoms with Gasteiger partial charge in [-0.15, -0.1) is 0 Å². The van der Waals surface area contributed by atoms with Gasteiger partial charge in [0.1, 0.15) is 0 Å². The Balaban J connectivity index is 2.02. The first kappa shape index (κ1) is 6.62. The van der Waals surface area contributed by atoms with Crippen LogP contribution in [0.4, 0.5) is 0 Å². The summed E-state index contributed by atoms with van der Waals surface area (Å²) in [6.45, 7) is 7.15. The van der Waals surface area contributed by atoms with E-state index in [0.29, 0.717) is 6.17 Å². The minimum atomic E-state index is 0.713. The van der Waals surface area contributed by atoms with E-state index in [9.17, 15) is 0 Å². The fraction of sp³-hybridized carbons (Fsp3) is 1.00. The van der Waals surface area contributed by atoms with Crippen molar-refractivity contribution in [2.24, 2.45) is 5.92 Å². The van der Waals surface area contributed by atoms with E-state index in [4.69, 9.17) is 0 Å². The van der Waals surface area contributed by atoms with Gasteiger partial charge in [0.25, 0.3) is 0 Å². The van der Waals surface area contributed by atoms with Crippen molar-refractivity contribution in [1.82, 2.24) is 10.2 Å². The van der Waals surface area contributed by atoms with E-state index in [1.54, 1.807) is 0 Å². The highest BCUT2D eigenvalue weighted by Crippen LogP contribution is 2.28. The summed E-state index contributed by atoms with van der Waals surface area (Å²) in [5.74, 6) is 0.951. The summed E-state index contributed by atoms with van der Waals surface area (Å²) >= 11 is 0. The number of nitrogens with one attached hydrogen (secondary N) is 1. The summed E-state index contributed by atoms with van der Waals surface area (Å²) in [7, 11) is 0. The van der Waals surface area contributed by atoms with Crippen LogP contribution in [0.1, 0.15) is 20.3 Å². The number of likely N-dealkylation sites (tertiary alicyclic amines) is 1. The maximum atomic E-state index is 3.51. The van der Waals surface area contributed by atoms with Gasteiger partial charge in [0.2, 0.25) is 0 Å². The highest BCUT2D eigenvalue weighted by atomic mass is 15.3. The van der Waals surface area contributed by atoms with Crippen LogP contribution in [-0.2, 0) is 0 Å². The minimum Gasteiger partial charge on any atom is -0.301 e. The lowest BCUT2D eigenvalue weighted by Crippen LogP contribution is -2.47. The van der Waals surface area contributed by atoms with Crippen LogP contribution in [0.2, 0.25) is 0 Å². The third kappa shape index (κ3) is 0.867. The quantitative estimate of drug-likeness (QED) is 0.575. The highest BCUT2D eigenvalue weighted by Gasteiger charge is 2.38. The van der Waals surface area contributed by atoms with Gasteiger partial charge in [0, 0.05) is 19.1 Å². The summed E-state index contributed by atoms with van der Waals surface area (Å²) < 4.78 is 0. The summed E-state index contributed by atoms with van der Waals surface area (Å²) in [5.41, 5.74) is 0. The molecule has 2 fully saturated rings. The van der Waals surface area contributed by atoms with E-state index in [2.05, 4.69) is 24.1 Å². The van der Waals surface area contributed by atoms with Crippen molar-refractivity contribution in [1.29, 1.82) is 0 Å². The molecule has 2 heteroatoms. The van der Waals surface area contributed by atoms with Crippen molar-refractivity contribution in [3.05, 3.63) is 0 Å². The molecule has 0 spiro atoms. The lowest BCUT2D eigenvalue weighted by molar-refractivity contribution is 0.156. The predicted octanol–water partition coefficient (Wildman–Crippen LogP) is 0.646. The van der Waals surface area contributed by atoms with Gasteiger partial charge in [0.15, 0.2) is 0 Å². The molecule has 0 unspecified atom stereocenters. The molecule has 0 aromatic carbocycles. The van der Waals surface area contributed by atoms with Crippen molar-refractivity contribution in [2.75, 3.05) is 13.1 Å². The molecule has 2 saturated heterocycles. The number of rotatable bonds is 1. The van der Waals surface area contributed by atoms with Gasteiger partial charge in [-0.1, -0.05) is 0 Å². The maximum absolute atomic E-state index is 3.51. The lowest BCUT2D eigenvalue weighted by Gasteiger charge is -2.30. The molecule has 10 heavy (non-hydrogen) atoms. The monoisotopic (exact) mass is 140 g/mol. The van der Waals surface area contributed by atoms with E-state index >= 15 is 0 Å². The molecule has 0 saturated carbocycles. The van der Waals surface area contributed by atoms with Crippen LogP contribution in [0.5, 0.6) is 0 Å². The molecule has 2 rings (SSSR count). The van der Waals surface area contributed by atoms with Gasteiger partial charge >= 0.3 is 0 Å². The fourth-order valence-electron chi connectivity index (χ4n) is 2.17. The Kier molecular flexibility index (Phi) is 1.46. The molecule has 2 atom stereocenters. The summed E-state index contributed by atoms with van der Waals surface area (Å²) in [6.07, 6.45) is 2.10. The summed E-state index contributed by atoms with van der Waals surface area (Å²) in [5, 5.41) is 3.51. The molecule has 0 amide bonds. The summed E-state index contributed by atoms with van der Waals surface area (Å²) in [4.78, 5) is 2.56. The summed E-state index contributed by atoms with van der Waals surface area (Å²) in [6, 6.07) is 0.725. The molecule has 2 nitrogen and oxygen atoms in total. The Morgan fingerprint density at radius 1 is 1.50 bits per heavy atom. The Labute approximate surface area is 62.6 Å². The molecule has 1 N–H and O–H groups in total. The van der Waals surface area contributed by atoms with E-state index < -0.39 is 0 Å². The van der Waals surface area contributed by atoms with Gasteiger partial charge in [-0.3, -0.25) is 4.90 Å². The smallest absolute Gasteiger partial charge is 0.0603 e. The van der Waals surface area contributed by atoms with Crippen molar-refractivity contribution in [2.45, 2.75) is 32.5 Å². The topological polar surface area (TPSA) is 15.3 Å². The number of nitrogens with zero attached hydrogens (tertiary/aromatic N) is 1. The van der Waals surface area contributed by atoms with Crippen LogP contribution >= 0.6 is 0 Å². The Hall–Kier alpha value is -0.0800. The zero-order chi connectivity index (χ0) is 7.14. The van der Waals surface area contributed by atoms with Crippen LogP contribution in [-0.4, -0.2) is 30.2 Å². The van der Waals surface area contributed by atoms with Gasteiger partial charge in [0.05, 0.1) is 6.17 Å². The normalized spacial score (nSPS) is 39.9. The van der Waals surface area contributed by atoms with Crippen LogP contribution in [0.15, 0.2) is 0 Å². The van der Waals surface area contributed by atoms with Gasteiger partial charge in [-0.2, -0.15) is 0 Å². The van der Waals surface area contributed by atoms with Crippen LogP contribution in [0, 0.1) is 5.92 Å². The zero-order valence-electron chi connectivity index (χ0n) is 6.80. The molecular formula is C8H16N2. The molecule has 0 aliphatic carbocycles. The molecule has 2 heterocycles. The average molecular weight is 140 g/mol. The van der Waals surface area contributed by atoms with Crippen LogP contribution in [0.25, 0.3) is 0 Å². The SMILES string of the molecule is CC(C)N1C[C@@H]2CN[C@H]1C2. The second-order valence-corrected chi connectivity index (χ2v) is 3.82. The van der Waals surface area contributed by atoms with E-state index in [-0.39, 0.29) is 0 Å². The van der Waals surface area contributed by atoms with Crippen LogP contribution in [0.3, 0.4) is 0 Å². The van der Waals surface area contributed by atoms with Crippen molar-refractivity contribution in [3.8, 4) is 0 Å². The first-order valence-electron chi connectivity index (χ1n) is 4.26. The third-order valence-electron chi connectivity index (χ3n) is 2.73. The molecule has 0 aromatic rings. The first-order valence-corrected chi connectivity index (χ1v) is 4.26. The highest BCUT2D eigenvalue weighted by molar-refractivity contribution is 4.92. The molecule has 2 aliphatic heterocycles. The number of hydrogen-bond donors (Lipinski definition) is 1. The largest absolute Gasteiger partial charge is 0.301 e. The van der Waals surface area contributed by atoms with Crippen molar-refractivity contribution >= 4 is 0 Å². The number of hydrogen-bond acceptors (Lipinski definition) is 2. The molecule has 58 valence electrons. The molecular weight excluding hydrogens is 124 g/mol. The van der Waals surface area contributed by atoms with E-state index in [0.717, 1.165) is 12.0 Å². The van der Waals surface area contributed by atoms with Gasteiger partial charge < -0.3 is 5.32 Å². The standard InChI is InChI=1S/C8H16N2/c1-6(2)10-5-7-3-8(10)9-4-7/h6-9H,3-5H2,1-2H3/t7-,8+/m0/s1. The van der Waals surface area contributed by atoms with E-state index in [1.807, 2.05) is 0 Å². The Bertz CT molecular complexity index is 133. The maximum Gasteiger partial charge on any atom is 0.0603 e. The van der Waals surface area contributed by atoms with Gasteiger partial charge in [-0.25, -0.2) is 0 Å². The molecule has 0 radical (unpaired) electrons. The molecule has 2 bridgehead atoms. The molecule has 2 aliphatic rings. The lowest BCUT2D eigenvalue weighted by atomic mass is 10.1. The third-order valence-corrected chi connectivity index (χ3v) is 2.73. The Morgan fingerprint density at radius 2 is 2.30 bits per heavy atom. The second kappa shape index (κ2) is 2.21. The first-order chi connectivity index (χ1) is 4.77. The predicted molar refractivity (Wildman–Crippen MR) is 41.7 cm³/mol. The Morgan fingerprint density at radius 3 is 2.60 bits per heavy atom. The zero-order valence-corrected chi connectivity index (χ0v) is 6.80. The fourth-order valence-corrected chi connectivity index (χ4v) is 2.17. The molecule has 0 aromatic heterocycles. The van der Waals surface area contributed by atoms with Crippen molar-refractivity contribution < 1.29 is 0 Å². The van der Waals surface area contributed by atoms with Gasteiger partial charge in [-0.05, 0) is 26.2 Å². The minimum absolute atomic E-state index is 0.713. The van der Waals surface area contributed by atoms with Crippen LogP contribution < -0.4 is 5.32 Å². The van der Waals surface area contributed by atoms with Crippen molar-refractivity contribution in [3.63, 3.8) is 0 Å². The number of fused-ring (bicyclic) bond motifs is 2.